The van der Waals surface area contributed by atoms with E-state index in [2.05, 4.69) is 11.5 Å². The number of hydrogen-bond acceptors (Lipinski definition) is 3. The molecule has 0 aliphatic carbocycles. The summed E-state index contributed by atoms with van der Waals surface area (Å²) in [6, 6.07) is 0.382. The number of nitrogens with two attached hydrogens (primary N) is 1. The Labute approximate surface area is 87.9 Å². The van der Waals surface area contributed by atoms with Crippen LogP contribution in [-0.2, 0) is 4.74 Å². The Bertz CT molecular complexity index is 163. The summed E-state index contributed by atoms with van der Waals surface area (Å²) in [7, 11) is 1.71. The van der Waals surface area contributed by atoms with Gasteiger partial charge in [0.05, 0.1) is 5.60 Å². The lowest BCUT2D eigenvalue weighted by Gasteiger charge is -2.14. The first-order chi connectivity index (χ1) is 6.39. The topological polar surface area (TPSA) is 38.5 Å². The van der Waals surface area contributed by atoms with Crippen LogP contribution in [0.25, 0.3) is 0 Å². The average molecular weight is 200 g/mol. The van der Waals surface area contributed by atoms with Gasteiger partial charge in [-0.1, -0.05) is 6.58 Å². The molecule has 0 spiro atoms. The summed E-state index contributed by atoms with van der Waals surface area (Å²) in [6.45, 7) is 11.8. The van der Waals surface area contributed by atoms with Crippen molar-refractivity contribution in [3.8, 4) is 0 Å². The molecule has 1 saturated heterocycles. The van der Waals surface area contributed by atoms with Gasteiger partial charge in [-0.05, 0) is 33.4 Å². The van der Waals surface area contributed by atoms with Gasteiger partial charge in [0.25, 0.3) is 0 Å². The molecule has 3 nitrogen and oxygen atoms in total. The number of methoxy groups -OCH3 is 1. The quantitative estimate of drug-likeness (QED) is 0.698. The van der Waals surface area contributed by atoms with E-state index in [-0.39, 0.29) is 5.60 Å². The molecule has 3 heteroatoms. The second-order valence-electron chi connectivity index (χ2n) is 4.54. The summed E-state index contributed by atoms with van der Waals surface area (Å²) in [4.78, 5) is 2.14. The van der Waals surface area contributed by atoms with Crippen molar-refractivity contribution >= 4 is 0 Å². The Morgan fingerprint density at radius 1 is 1.50 bits per heavy atom. The first-order valence-electron chi connectivity index (χ1n) is 5.06. The van der Waals surface area contributed by atoms with Crippen LogP contribution in [0.3, 0.4) is 0 Å². The number of ether oxygens (including phenoxy) is 1. The van der Waals surface area contributed by atoms with E-state index < -0.39 is 0 Å². The standard InChI is InChI=1S/C6H12N2.C5H12O/c1-2-8-4-3-6(7)5-8;1-5(2,3)6-4/h2,6H,1,3-5,7H2;1-4H3. The number of rotatable bonds is 1. The van der Waals surface area contributed by atoms with Gasteiger partial charge in [0.15, 0.2) is 0 Å². The molecule has 1 fully saturated rings. The number of hydrogen-bond donors (Lipinski definition) is 1. The van der Waals surface area contributed by atoms with Crippen LogP contribution in [0.4, 0.5) is 0 Å². The van der Waals surface area contributed by atoms with E-state index in [1.807, 2.05) is 27.0 Å². The van der Waals surface area contributed by atoms with Gasteiger partial charge in [-0.3, -0.25) is 0 Å². The molecule has 0 amide bonds. The van der Waals surface area contributed by atoms with Crippen molar-refractivity contribution in [2.24, 2.45) is 5.73 Å². The highest BCUT2D eigenvalue weighted by Gasteiger charge is 2.14. The monoisotopic (exact) mass is 200 g/mol. The van der Waals surface area contributed by atoms with Crippen molar-refractivity contribution in [3.63, 3.8) is 0 Å². The highest BCUT2D eigenvalue weighted by molar-refractivity contribution is 4.83. The largest absolute Gasteiger partial charge is 0.379 e. The maximum Gasteiger partial charge on any atom is 0.0594 e. The Balaban J connectivity index is 0.000000255. The summed E-state index contributed by atoms with van der Waals surface area (Å²) in [6.07, 6.45) is 2.97. The Hall–Kier alpha value is -0.540. The molecule has 1 unspecified atom stereocenters. The maximum atomic E-state index is 5.61. The van der Waals surface area contributed by atoms with Gasteiger partial charge < -0.3 is 15.4 Å². The summed E-state index contributed by atoms with van der Waals surface area (Å²) in [5, 5.41) is 0. The molecule has 1 atom stereocenters. The zero-order valence-electron chi connectivity index (χ0n) is 9.92. The second-order valence-corrected chi connectivity index (χ2v) is 4.54. The molecule has 0 bridgehead atoms. The highest BCUT2D eigenvalue weighted by atomic mass is 16.5. The van der Waals surface area contributed by atoms with E-state index in [0.29, 0.717) is 6.04 Å². The van der Waals surface area contributed by atoms with Gasteiger partial charge in [0, 0.05) is 26.2 Å². The Kier molecular flexibility index (Phi) is 5.81. The third-order valence-corrected chi connectivity index (χ3v) is 2.13. The predicted molar refractivity (Wildman–Crippen MR) is 61.1 cm³/mol. The molecule has 0 radical (unpaired) electrons. The van der Waals surface area contributed by atoms with Crippen molar-refractivity contribution in [1.82, 2.24) is 4.90 Å². The molecular weight excluding hydrogens is 176 g/mol. The average Bonchev–Trinajstić information content (AvgIpc) is 2.51. The third kappa shape index (κ3) is 6.92. The van der Waals surface area contributed by atoms with Crippen molar-refractivity contribution in [3.05, 3.63) is 12.8 Å². The minimum absolute atomic E-state index is 0.0417. The van der Waals surface area contributed by atoms with Gasteiger partial charge in [-0.2, -0.15) is 0 Å². The fourth-order valence-corrected chi connectivity index (χ4v) is 0.981. The van der Waals surface area contributed by atoms with Crippen LogP contribution in [0.2, 0.25) is 0 Å². The fourth-order valence-electron chi connectivity index (χ4n) is 0.981. The molecule has 0 aromatic carbocycles. The second kappa shape index (κ2) is 6.04. The van der Waals surface area contributed by atoms with E-state index in [1.54, 1.807) is 7.11 Å². The van der Waals surface area contributed by atoms with E-state index in [1.165, 1.54) is 0 Å². The molecule has 2 N–H and O–H groups in total. The van der Waals surface area contributed by atoms with Crippen molar-refractivity contribution in [1.29, 1.82) is 0 Å². The molecule has 84 valence electrons. The van der Waals surface area contributed by atoms with Crippen LogP contribution in [0, 0.1) is 0 Å². The van der Waals surface area contributed by atoms with Crippen LogP contribution < -0.4 is 5.73 Å². The van der Waals surface area contributed by atoms with Crippen LogP contribution >= 0.6 is 0 Å². The van der Waals surface area contributed by atoms with Crippen molar-refractivity contribution in [2.45, 2.75) is 38.8 Å². The Morgan fingerprint density at radius 2 is 2.00 bits per heavy atom. The summed E-state index contributed by atoms with van der Waals surface area (Å²) in [5.41, 5.74) is 5.65. The first-order valence-corrected chi connectivity index (χ1v) is 5.06. The van der Waals surface area contributed by atoms with E-state index >= 15 is 0 Å². The molecule has 0 saturated carbocycles. The van der Waals surface area contributed by atoms with Crippen LogP contribution in [0.15, 0.2) is 12.8 Å². The van der Waals surface area contributed by atoms with Crippen LogP contribution in [-0.4, -0.2) is 36.7 Å². The molecule has 0 aromatic heterocycles. The highest BCUT2D eigenvalue weighted by Crippen LogP contribution is 2.05. The molecule has 14 heavy (non-hydrogen) atoms. The zero-order valence-corrected chi connectivity index (χ0v) is 9.92. The Morgan fingerprint density at radius 3 is 2.14 bits per heavy atom. The lowest BCUT2D eigenvalue weighted by atomic mass is 10.2. The van der Waals surface area contributed by atoms with Gasteiger partial charge in [0.2, 0.25) is 0 Å². The maximum absolute atomic E-state index is 5.61. The normalized spacial score (nSPS) is 21.5. The summed E-state index contributed by atoms with van der Waals surface area (Å²) >= 11 is 0. The third-order valence-electron chi connectivity index (χ3n) is 2.13. The minimum Gasteiger partial charge on any atom is -0.379 e. The first kappa shape index (κ1) is 13.5. The molecule has 1 aliphatic rings. The van der Waals surface area contributed by atoms with Gasteiger partial charge >= 0.3 is 0 Å². The number of likely N-dealkylation sites (tertiary alicyclic amines) is 1. The minimum atomic E-state index is 0.0417. The smallest absolute Gasteiger partial charge is 0.0594 e. The summed E-state index contributed by atoms with van der Waals surface area (Å²) in [5.74, 6) is 0. The van der Waals surface area contributed by atoms with E-state index in [0.717, 1.165) is 19.5 Å². The van der Waals surface area contributed by atoms with Gasteiger partial charge in [-0.15, -0.1) is 0 Å². The van der Waals surface area contributed by atoms with Gasteiger partial charge in [0.1, 0.15) is 0 Å². The van der Waals surface area contributed by atoms with Crippen LogP contribution in [0.1, 0.15) is 27.2 Å². The lowest BCUT2D eigenvalue weighted by Crippen LogP contribution is -2.22. The molecule has 0 aromatic rings. The SMILES string of the molecule is C=CN1CCC(N)C1.COC(C)(C)C. The zero-order chi connectivity index (χ0) is 11.2. The molecular formula is C11H24N2O. The number of nitrogens with zero attached hydrogens (tertiary/aromatic N) is 1. The molecule has 1 heterocycles. The van der Waals surface area contributed by atoms with Gasteiger partial charge in [-0.25, -0.2) is 0 Å². The van der Waals surface area contributed by atoms with Crippen molar-refractivity contribution in [2.75, 3.05) is 20.2 Å². The lowest BCUT2D eigenvalue weighted by molar-refractivity contribution is 0.0397. The molecule has 1 rings (SSSR count). The fraction of sp³-hybridized carbons (Fsp3) is 0.818. The predicted octanol–water partition coefficient (Wildman–Crippen LogP) is 1.59. The van der Waals surface area contributed by atoms with E-state index in [4.69, 9.17) is 10.5 Å². The van der Waals surface area contributed by atoms with Crippen molar-refractivity contribution < 1.29 is 4.74 Å². The summed E-state index contributed by atoms with van der Waals surface area (Å²) < 4.78 is 4.94. The van der Waals surface area contributed by atoms with Crippen LogP contribution in [0.5, 0.6) is 0 Å². The van der Waals surface area contributed by atoms with E-state index in [9.17, 15) is 0 Å². The molecule has 1 aliphatic heterocycles.